The zero-order chi connectivity index (χ0) is 35.6. The number of rotatable bonds is 8. The molecule has 48 heavy (non-hydrogen) atoms. The summed E-state index contributed by atoms with van der Waals surface area (Å²) in [6.07, 6.45) is -5.64. The summed E-state index contributed by atoms with van der Waals surface area (Å²) in [5.74, 6) is 1.49. The molecule has 2 atom stereocenters. The number of halogens is 6. The first-order valence-electron chi connectivity index (χ1n) is 15.9. The normalized spacial score (nSPS) is 21.3. The highest BCUT2D eigenvalue weighted by molar-refractivity contribution is 5.77. The van der Waals surface area contributed by atoms with Crippen LogP contribution in [0.4, 0.5) is 35.9 Å². The van der Waals surface area contributed by atoms with Gasteiger partial charge in [0.2, 0.25) is 0 Å². The van der Waals surface area contributed by atoms with Gasteiger partial charge in [-0.05, 0) is 103 Å². The predicted octanol–water partition coefficient (Wildman–Crippen LogP) is 10.2. The number of aryl methyl sites for hydroxylation is 1. The van der Waals surface area contributed by atoms with Gasteiger partial charge in [0, 0.05) is 12.1 Å². The average Bonchev–Trinajstić information content (AvgIpc) is 3.23. The largest absolute Gasteiger partial charge is 0.503 e. The van der Waals surface area contributed by atoms with Gasteiger partial charge in [-0.15, -0.1) is 0 Å². The molecule has 1 amide bonds. The van der Waals surface area contributed by atoms with Gasteiger partial charge in [0.1, 0.15) is 11.9 Å². The van der Waals surface area contributed by atoms with Crippen molar-refractivity contribution in [1.82, 2.24) is 4.90 Å². The highest BCUT2D eigenvalue weighted by Crippen LogP contribution is 2.47. The van der Waals surface area contributed by atoms with E-state index in [1.54, 1.807) is 14.0 Å². The van der Waals surface area contributed by atoms with Crippen molar-refractivity contribution in [1.29, 1.82) is 0 Å². The number of alkyl halides is 6. The maximum atomic E-state index is 13.6. The maximum absolute atomic E-state index is 13.6. The van der Waals surface area contributed by atoms with Crippen LogP contribution in [0, 0.1) is 11.3 Å². The molecule has 264 valence electrons. The van der Waals surface area contributed by atoms with Crippen molar-refractivity contribution < 1.29 is 55.6 Å². The highest BCUT2D eigenvalue weighted by Gasteiger charge is 2.44. The lowest BCUT2D eigenvalue weighted by atomic mass is 9.72. The van der Waals surface area contributed by atoms with Crippen molar-refractivity contribution in [2.75, 3.05) is 13.7 Å². The van der Waals surface area contributed by atoms with Gasteiger partial charge in [0.05, 0.1) is 24.3 Å². The van der Waals surface area contributed by atoms with E-state index < -0.39 is 47.9 Å². The van der Waals surface area contributed by atoms with E-state index in [-0.39, 0.29) is 23.6 Å². The molecule has 2 N–H and O–H groups in total. The minimum Gasteiger partial charge on any atom is -0.496 e. The minimum atomic E-state index is -5.00. The Balaban J connectivity index is 0.00000123. The third-order valence-corrected chi connectivity index (χ3v) is 9.52. The van der Waals surface area contributed by atoms with Crippen LogP contribution in [-0.4, -0.2) is 47.1 Å². The number of allylic oxidation sites excluding steroid dienone is 1. The Labute approximate surface area is 275 Å². The van der Waals surface area contributed by atoms with Gasteiger partial charge in [-0.1, -0.05) is 39.2 Å². The summed E-state index contributed by atoms with van der Waals surface area (Å²) in [5.41, 5.74) is 0.947. The minimum absolute atomic E-state index is 0.0666. The van der Waals surface area contributed by atoms with Crippen molar-refractivity contribution in [3.05, 3.63) is 69.8 Å². The van der Waals surface area contributed by atoms with Crippen LogP contribution in [0.1, 0.15) is 99.6 Å². The van der Waals surface area contributed by atoms with E-state index in [0.29, 0.717) is 18.6 Å². The van der Waals surface area contributed by atoms with Crippen LogP contribution in [0.5, 0.6) is 5.75 Å². The first kappa shape index (κ1) is 36.9. The lowest BCUT2D eigenvalue weighted by Gasteiger charge is -2.36. The second-order valence-electron chi connectivity index (χ2n) is 13.6. The van der Waals surface area contributed by atoms with Gasteiger partial charge in [0.25, 0.3) is 0 Å². The molecule has 13 heteroatoms. The summed E-state index contributed by atoms with van der Waals surface area (Å²) < 4.78 is 92.6. The topological polar surface area (TPSA) is 96.3 Å². The molecule has 1 unspecified atom stereocenters. The van der Waals surface area contributed by atoms with Crippen molar-refractivity contribution in [2.24, 2.45) is 11.3 Å². The van der Waals surface area contributed by atoms with Crippen LogP contribution in [0.15, 0.2) is 42.0 Å². The van der Waals surface area contributed by atoms with E-state index in [9.17, 15) is 31.1 Å². The zero-order valence-corrected chi connectivity index (χ0v) is 27.3. The Morgan fingerprint density at radius 1 is 1.02 bits per heavy atom. The quantitative estimate of drug-likeness (QED) is 0.269. The van der Waals surface area contributed by atoms with Crippen LogP contribution in [0.3, 0.4) is 0 Å². The average molecular weight is 686 g/mol. The Morgan fingerprint density at radius 3 is 2.15 bits per heavy atom. The Kier molecular flexibility index (Phi) is 11.0. The van der Waals surface area contributed by atoms with Crippen molar-refractivity contribution in [2.45, 2.75) is 96.6 Å². The van der Waals surface area contributed by atoms with Gasteiger partial charge in [-0.2, -0.15) is 26.3 Å². The number of carbonyl (C=O) groups is 2. The fourth-order valence-electron chi connectivity index (χ4n) is 6.70. The van der Waals surface area contributed by atoms with Crippen LogP contribution in [0.25, 0.3) is 5.57 Å². The second kappa shape index (κ2) is 14.3. The zero-order valence-electron chi connectivity index (χ0n) is 27.3. The second-order valence-corrected chi connectivity index (χ2v) is 13.6. The van der Waals surface area contributed by atoms with Crippen LogP contribution in [-0.2, 0) is 23.5 Å². The summed E-state index contributed by atoms with van der Waals surface area (Å²) in [7, 11) is 1.62. The maximum Gasteiger partial charge on any atom is 0.503 e. The van der Waals surface area contributed by atoms with Gasteiger partial charge in [-0.25, -0.2) is 9.59 Å². The standard InChI is InChI=1S/C34H39F6NO3.CH2O3/c1-20-30(23-15-25(33(35,36)37)17-26(16-23)34(38,39)40)44-31(42)41(20)19-24-18-32(2,3)13-12-27(24)28-14-22(10-11-29(28)43-4)9-8-21-6-5-7-21;2-1(3)4/h10-11,14-17,20-21,30H,5-9,12-13,18-19H2,1-4H3;(H2,2,3,4)/t20-,30?;/m0./s1. The fourth-order valence-corrected chi connectivity index (χ4v) is 6.70. The molecule has 2 fully saturated rings. The molecule has 3 aliphatic rings. The molecule has 2 aromatic carbocycles. The lowest BCUT2D eigenvalue weighted by Crippen LogP contribution is -2.35. The van der Waals surface area contributed by atoms with E-state index in [1.807, 2.05) is 6.07 Å². The Bertz CT molecular complexity index is 1490. The lowest BCUT2D eigenvalue weighted by molar-refractivity contribution is -0.143. The van der Waals surface area contributed by atoms with E-state index in [2.05, 4.69) is 26.0 Å². The molecular formula is C35H41F6NO6. The van der Waals surface area contributed by atoms with Crippen LogP contribution in [0.2, 0.25) is 0 Å². The smallest absolute Gasteiger partial charge is 0.496 e. The number of nitrogens with zero attached hydrogens (tertiary/aromatic N) is 1. The summed E-state index contributed by atoms with van der Waals surface area (Å²) >= 11 is 0. The van der Waals surface area contributed by atoms with Crippen molar-refractivity contribution in [3.8, 4) is 5.75 Å². The fraction of sp³-hybridized carbons (Fsp3) is 0.543. The number of ether oxygens (including phenoxy) is 2. The predicted molar refractivity (Wildman–Crippen MR) is 166 cm³/mol. The summed E-state index contributed by atoms with van der Waals surface area (Å²) in [6, 6.07) is 6.79. The molecule has 1 heterocycles. The number of hydrogen-bond acceptors (Lipinski definition) is 4. The van der Waals surface area contributed by atoms with E-state index >= 15 is 0 Å². The van der Waals surface area contributed by atoms with E-state index in [1.165, 1.54) is 29.7 Å². The molecular weight excluding hydrogens is 644 g/mol. The molecule has 0 spiro atoms. The number of methoxy groups -OCH3 is 1. The summed E-state index contributed by atoms with van der Waals surface area (Å²) in [6.45, 7) is 6.03. The molecule has 7 nitrogen and oxygen atoms in total. The molecule has 0 radical (unpaired) electrons. The Morgan fingerprint density at radius 2 is 1.62 bits per heavy atom. The van der Waals surface area contributed by atoms with Gasteiger partial charge in [-0.3, -0.25) is 4.90 Å². The van der Waals surface area contributed by atoms with Gasteiger partial charge < -0.3 is 19.7 Å². The monoisotopic (exact) mass is 685 g/mol. The first-order chi connectivity index (χ1) is 22.3. The van der Waals surface area contributed by atoms with Gasteiger partial charge in [0.15, 0.2) is 0 Å². The molecule has 5 rings (SSSR count). The molecule has 1 aliphatic heterocycles. The number of benzene rings is 2. The van der Waals surface area contributed by atoms with Crippen LogP contribution < -0.4 is 4.74 Å². The van der Waals surface area contributed by atoms with Crippen molar-refractivity contribution in [3.63, 3.8) is 0 Å². The summed E-state index contributed by atoms with van der Waals surface area (Å²) in [5, 5.41) is 13.9. The molecule has 0 aromatic heterocycles. The number of cyclic esters (lactones) is 1. The number of carboxylic acid groups (broad SMARTS) is 2. The SMILES string of the molecule is COc1ccc(CCC2CCC2)cc1C1=C(CN2C(=O)OC(c3cc(C(F)(F)F)cc(C(F)(F)F)c3)[C@@H]2C)CC(C)(C)CC1.O=C(O)O. The number of amides is 1. The Hall–Kier alpha value is -3.90. The third kappa shape index (κ3) is 8.96. The van der Waals surface area contributed by atoms with Gasteiger partial charge >= 0.3 is 24.6 Å². The number of hydrogen-bond donors (Lipinski definition) is 2. The third-order valence-electron chi connectivity index (χ3n) is 9.52. The van der Waals surface area contributed by atoms with E-state index in [0.717, 1.165) is 54.1 Å². The number of carbonyl (C=O) groups excluding carboxylic acids is 1. The first-order valence-corrected chi connectivity index (χ1v) is 15.9. The molecule has 1 saturated heterocycles. The highest BCUT2D eigenvalue weighted by atomic mass is 19.4. The van der Waals surface area contributed by atoms with Crippen molar-refractivity contribution >= 4 is 17.8 Å². The molecule has 1 saturated carbocycles. The molecule has 0 bridgehead atoms. The molecule has 2 aromatic rings. The molecule has 2 aliphatic carbocycles. The van der Waals surface area contributed by atoms with E-state index in [4.69, 9.17) is 24.5 Å². The van der Waals surface area contributed by atoms with Crippen LogP contribution >= 0.6 is 0 Å². The summed E-state index contributed by atoms with van der Waals surface area (Å²) in [4.78, 5) is 23.2.